The van der Waals surface area contributed by atoms with Crippen LogP contribution in [0.15, 0.2) is 18.2 Å². The van der Waals surface area contributed by atoms with Gasteiger partial charge in [-0.3, -0.25) is 0 Å². The molecule has 1 aromatic carbocycles. The van der Waals surface area contributed by atoms with Crippen molar-refractivity contribution in [1.29, 1.82) is 0 Å². The molecule has 0 fully saturated rings. The van der Waals surface area contributed by atoms with Crippen molar-refractivity contribution in [2.75, 3.05) is 12.4 Å². The van der Waals surface area contributed by atoms with E-state index in [0.29, 0.717) is 0 Å². The van der Waals surface area contributed by atoms with Crippen LogP contribution < -0.4 is 4.74 Å². The van der Waals surface area contributed by atoms with Crippen molar-refractivity contribution in [2.45, 2.75) is 26.2 Å². The zero-order chi connectivity index (χ0) is 11.1. The normalized spacial score (nSPS) is 10.3. The van der Waals surface area contributed by atoms with Gasteiger partial charge in [-0.05, 0) is 48.8 Å². The molecular weight excluding hydrogens is 228 g/mol. The molecule has 3 heteroatoms. The number of ether oxygens (including phenoxy) is 1. The molecule has 0 amide bonds. The molecule has 0 aromatic heterocycles. The van der Waals surface area contributed by atoms with Crippen molar-refractivity contribution in [2.24, 2.45) is 0 Å². The fourth-order valence-electron chi connectivity index (χ4n) is 1.37. The summed E-state index contributed by atoms with van der Waals surface area (Å²) in [6, 6.07) is 5.80. The first-order chi connectivity index (χ1) is 7.27. The van der Waals surface area contributed by atoms with Gasteiger partial charge in [-0.25, -0.2) is 0 Å². The van der Waals surface area contributed by atoms with Crippen molar-refractivity contribution < 1.29 is 4.74 Å². The van der Waals surface area contributed by atoms with E-state index in [1.807, 2.05) is 18.2 Å². The average molecular weight is 245 g/mol. The number of thiol groups is 1. The number of aryl methyl sites for hydroxylation is 1. The van der Waals surface area contributed by atoms with Gasteiger partial charge in [-0.15, -0.1) is 0 Å². The van der Waals surface area contributed by atoms with Gasteiger partial charge in [0.05, 0.1) is 6.61 Å². The molecule has 0 aliphatic heterocycles. The summed E-state index contributed by atoms with van der Waals surface area (Å²) in [6.07, 6.45) is 3.05. The summed E-state index contributed by atoms with van der Waals surface area (Å²) in [5, 5.41) is 0.771. The summed E-state index contributed by atoms with van der Waals surface area (Å²) in [5.74, 6) is 1.85. The Balaban J connectivity index is 2.73. The SMILES string of the molecule is CCCOc1ccc(Cl)cc1CCCS. The van der Waals surface area contributed by atoms with E-state index >= 15 is 0 Å². The van der Waals surface area contributed by atoms with Crippen molar-refractivity contribution in [3.8, 4) is 5.75 Å². The van der Waals surface area contributed by atoms with Gasteiger partial charge in [-0.1, -0.05) is 18.5 Å². The molecule has 0 unspecified atom stereocenters. The standard InChI is InChI=1S/C12H17ClOS/c1-2-7-14-12-6-5-11(13)9-10(12)4-3-8-15/h5-6,9,15H,2-4,7-8H2,1H3. The first-order valence-electron chi connectivity index (χ1n) is 5.30. The van der Waals surface area contributed by atoms with E-state index in [4.69, 9.17) is 16.3 Å². The van der Waals surface area contributed by atoms with Crippen LogP contribution in [0.1, 0.15) is 25.3 Å². The van der Waals surface area contributed by atoms with Gasteiger partial charge in [0, 0.05) is 5.02 Å². The van der Waals surface area contributed by atoms with Crippen LogP contribution in [0.4, 0.5) is 0 Å². The maximum atomic E-state index is 5.96. The number of halogens is 1. The molecule has 0 heterocycles. The first-order valence-corrected chi connectivity index (χ1v) is 6.31. The Morgan fingerprint density at radius 2 is 2.20 bits per heavy atom. The molecule has 84 valence electrons. The van der Waals surface area contributed by atoms with E-state index < -0.39 is 0 Å². The van der Waals surface area contributed by atoms with E-state index in [1.54, 1.807) is 0 Å². The average Bonchev–Trinajstić information content (AvgIpc) is 2.25. The Morgan fingerprint density at radius 1 is 1.40 bits per heavy atom. The number of hydrogen-bond acceptors (Lipinski definition) is 2. The smallest absolute Gasteiger partial charge is 0.122 e. The predicted octanol–water partition coefficient (Wildman–Crippen LogP) is 3.99. The van der Waals surface area contributed by atoms with E-state index in [-0.39, 0.29) is 0 Å². The molecule has 1 rings (SSSR count). The number of rotatable bonds is 6. The van der Waals surface area contributed by atoms with Crippen LogP contribution >= 0.6 is 24.2 Å². The van der Waals surface area contributed by atoms with Crippen molar-refractivity contribution in [1.82, 2.24) is 0 Å². The largest absolute Gasteiger partial charge is 0.493 e. The Labute approximate surface area is 102 Å². The summed E-state index contributed by atoms with van der Waals surface area (Å²) >= 11 is 10.2. The molecule has 0 saturated carbocycles. The summed E-state index contributed by atoms with van der Waals surface area (Å²) < 4.78 is 5.65. The second kappa shape index (κ2) is 7.02. The third-order valence-electron chi connectivity index (χ3n) is 2.09. The minimum Gasteiger partial charge on any atom is -0.493 e. The summed E-state index contributed by atoms with van der Waals surface area (Å²) in [7, 11) is 0. The second-order valence-electron chi connectivity index (χ2n) is 3.43. The van der Waals surface area contributed by atoms with Crippen molar-refractivity contribution >= 4 is 24.2 Å². The zero-order valence-corrected chi connectivity index (χ0v) is 10.7. The number of benzene rings is 1. The molecule has 0 atom stereocenters. The third-order valence-corrected chi connectivity index (χ3v) is 2.64. The molecule has 0 aliphatic carbocycles. The Bertz CT molecular complexity index is 302. The molecule has 0 spiro atoms. The maximum Gasteiger partial charge on any atom is 0.122 e. The fraction of sp³-hybridized carbons (Fsp3) is 0.500. The number of hydrogen-bond donors (Lipinski definition) is 1. The highest BCUT2D eigenvalue weighted by Crippen LogP contribution is 2.24. The Morgan fingerprint density at radius 3 is 2.87 bits per heavy atom. The lowest BCUT2D eigenvalue weighted by atomic mass is 10.1. The van der Waals surface area contributed by atoms with E-state index in [1.165, 1.54) is 5.56 Å². The van der Waals surface area contributed by atoms with Gasteiger partial charge in [0.2, 0.25) is 0 Å². The van der Waals surface area contributed by atoms with Crippen molar-refractivity contribution in [3.63, 3.8) is 0 Å². The summed E-state index contributed by atoms with van der Waals surface area (Å²) in [5.41, 5.74) is 1.19. The van der Waals surface area contributed by atoms with E-state index in [0.717, 1.165) is 42.4 Å². The lowest BCUT2D eigenvalue weighted by Gasteiger charge is -2.10. The molecule has 1 aromatic rings. The van der Waals surface area contributed by atoms with Crippen LogP contribution in [0.5, 0.6) is 5.75 Å². The fourth-order valence-corrected chi connectivity index (χ4v) is 1.72. The van der Waals surface area contributed by atoms with Gasteiger partial charge < -0.3 is 4.74 Å². The van der Waals surface area contributed by atoms with E-state index in [9.17, 15) is 0 Å². The molecule has 0 N–H and O–H groups in total. The minimum absolute atomic E-state index is 0.759. The monoisotopic (exact) mass is 244 g/mol. The van der Waals surface area contributed by atoms with Gasteiger partial charge in [0.1, 0.15) is 5.75 Å². The summed E-state index contributed by atoms with van der Waals surface area (Å²) in [4.78, 5) is 0. The van der Waals surface area contributed by atoms with Gasteiger partial charge in [-0.2, -0.15) is 12.6 Å². The Kier molecular flexibility index (Phi) is 5.96. The molecular formula is C12H17ClOS. The summed E-state index contributed by atoms with van der Waals surface area (Å²) in [6.45, 7) is 2.86. The molecule has 0 radical (unpaired) electrons. The van der Waals surface area contributed by atoms with Crippen LogP contribution in [-0.2, 0) is 6.42 Å². The van der Waals surface area contributed by atoms with Crippen LogP contribution in [-0.4, -0.2) is 12.4 Å². The highest BCUT2D eigenvalue weighted by Gasteiger charge is 2.04. The Hall–Kier alpha value is -0.340. The van der Waals surface area contributed by atoms with Crippen LogP contribution in [0.3, 0.4) is 0 Å². The van der Waals surface area contributed by atoms with Crippen molar-refractivity contribution in [3.05, 3.63) is 28.8 Å². The predicted molar refractivity (Wildman–Crippen MR) is 69.4 cm³/mol. The quantitative estimate of drug-likeness (QED) is 0.745. The lowest BCUT2D eigenvalue weighted by molar-refractivity contribution is 0.314. The minimum atomic E-state index is 0.759. The highest BCUT2D eigenvalue weighted by molar-refractivity contribution is 7.80. The molecule has 0 aliphatic rings. The molecule has 15 heavy (non-hydrogen) atoms. The van der Waals surface area contributed by atoms with Gasteiger partial charge >= 0.3 is 0 Å². The first kappa shape index (κ1) is 12.7. The second-order valence-corrected chi connectivity index (χ2v) is 4.31. The van der Waals surface area contributed by atoms with Crippen LogP contribution in [0, 0.1) is 0 Å². The van der Waals surface area contributed by atoms with Crippen LogP contribution in [0.25, 0.3) is 0 Å². The lowest BCUT2D eigenvalue weighted by Crippen LogP contribution is -1.99. The maximum absolute atomic E-state index is 5.96. The molecule has 0 bridgehead atoms. The molecule has 1 nitrogen and oxygen atoms in total. The van der Waals surface area contributed by atoms with Gasteiger partial charge in [0.25, 0.3) is 0 Å². The van der Waals surface area contributed by atoms with E-state index in [2.05, 4.69) is 19.6 Å². The molecule has 0 saturated heterocycles. The topological polar surface area (TPSA) is 9.23 Å². The van der Waals surface area contributed by atoms with Gasteiger partial charge in [0.15, 0.2) is 0 Å². The highest BCUT2D eigenvalue weighted by atomic mass is 35.5. The van der Waals surface area contributed by atoms with Crippen LogP contribution in [0.2, 0.25) is 5.02 Å². The zero-order valence-electron chi connectivity index (χ0n) is 9.00. The third kappa shape index (κ3) is 4.35.